The Morgan fingerprint density at radius 2 is 1.25 bits per heavy atom. The van der Waals surface area contributed by atoms with Crippen LogP contribution in [-0.2, 0) is 0 Å². The molecule has 0 heterocycles. The third-order valence-electron chi connectivity index (χ3n) is 0.373. The third-order valence-corrected chi connectivity index (χ3v) is 0.934. The number of hydrogen-bond donors (Lipinski definition) is 0. The Labute approximate surface area is 66.3 Å². The number of halogens is 2. The van der Waals surface area contributed by atoms with Gasteiger partial charge in [-0.05, 0) is 11.8 Å². The molecular formula is C6H4Br2. The van der Waals surface area contributed by atoms with Gasteiger partial charge in [0.25, 0.3) is 0 Å². The van der Waals surface area contributed by atoms with Crippen molar-refractivity contribution < 1.29 is 0 Å². The van der Waals surface area contributed by atoms with Crippen LogP contribution in [0.4, 0.5) is 0 Å². The number of alkyl halides is 2. The van der Waals surface area contributed by atoms with E-state index in [0.29, 0.717) is 10.7 Å². The lowest BCUT2D eigenvalue weighted by atomic mass is 10.6. The first kappa shape index (κ1) is 8.08. The van der Waals surface area contributed by atoms with Crippen molar-refractivity contribution >= 4 is 31.9 Å². The molecule has 0 aliphatic carbocycles. The summed E-state index contributed by atoms with van der Waals surface area (Å²) in [5.41, 5.74) is 0. The minimum Gasteiger partial charge on any atom is -0.0786 e. The molecule has 8 heavy (non-hydrogen) atoms. The Morgan fingerprint density at radius 1 is 0.875 bits per heavy atom. The van der Waals surface area contributed by atoms with E-state index in [9.17, 15) is 0 Å². The Bertz CT molecular complexity index is 131. The molecule has 0 N–H and O–H groups in total. The molecule has 0 aromatic carbocycles. The maximum atomic E-state index is 3.15. The van der Waals surface area contributed by atoms with E-state index in [1.54, 1.807) is 0 Å². The summed E-state index contributed by atoms with van der Waals surface area (Å²) in [5.74, 6) is 10.8. The molecule has 0 nitrogen and oxygen atoms in total. The van der Waals surface area contributed by atoms with Crippen LogP contribution >= 0.6 is 31.9 Å². The fourth-order valence-electron chi connectivity index (χ4n) is 0.155. The van der Waals surface area contributed by atoms with Crippen LogP contribution in [0.15, 0.2) is 0 Å². The minimum absolute atomic E-state index is 0.698. The van der Waals surface area contributed by atoms with Crippen LogP contribution in [0.3, 0.4) is 0 Å². The SMILES string of the molecule is BrCC#CC#CCBr. The molecule has 0 atom stereocenters. The standard InChI is InChI=1S/C6H4Br2/c7-5-3-1-2-4-6-8/h5-6H2. The first-order chi connectivity index (χ1) is 3.91. The Balaban J connectivity index is 3.40. The number of rotatable bonds is 0. The van der Waals surface area contributed by atoms with Gasteiger partial charge in [-0.25, -0.2) is 0 Å². The molecule has 0 saturated heterocycles. The quantitative estimate of drug-likeness (QED) is 0.444. The maximum absolute atomic E-state index is 3.15. The van der Waals surface area contributed by atoms with Gasteiger partial charge in [0, 0.05) is 0 Å². The molecule has 0 aliphatic rings. The second kappa shape index (κ2) is 7.08. The molecule has 0 bridgehead atoms. The van der Waals surface area contributed by atoms with Crippen LogP contribution < -0.4 is 0 Å². The van der Waals surface area contributed by atoms with Crippen molar-refractivity contribution in [3.8, 4) is 23.7 Å². The predicted octanol–water partition coefficient (Wildman–Crippen LogP) is 1.78. The van der Waals surface area contributed by atoms with Crippen molar-refractivity contribution in [1.82, 2.24) is 0 Å². The summed E-state index contributed by atoms with van der Waals surface area (Å²) in [6, 6.07) is 0. The van der Waals surface area contributed by atoms with Crippen molar-refractivity contribution in [2.24, 2.45) is 0 Å². The van der Waals surface area contributed by atoms with E-state index in [4.69, 9.17) is 0 Å². The first-order valence-electron chi connectivity index (χ1n) is 1.99. The van der Waals surface area contributed by atoms with Crippen molar-refractivity contribution in [2.75, 3.05) is 10.7 Å². The molecule has 42 valence electrons. The monoisotopic (exact) mass is 234 g/mol. The highest BCUT2D eigenvalue weighted by Gasteiger charge is 1.59. The fraction of sp³-hybridized carbons (Fsp3) is 0.333. The molecule has 0 aromatic rings. The molecule has 0 amide bonds. The highest BCUT2D eigenvalue weighted by molar-refractivity contribution is 9.09. The van der Waals surface area contributed by atoms with Gasteiger partial charge < -0.3 is 0 Å². The highest BCUT2D eigenvalue weighted by atomic mass is 79.9. The molecule has 0 spiro atoms. The lowest BCUT2D eigenvalue weighted by Crippen LogP contribution is -1.59. The topological polar surface area (TPSA) is 0 Å². The molecule has 0 aromatic heterocycles. The Hall–Kier alpha value is 0.0800. The van der Waals surface area contributed by atoms with Gasteiger partial charge in [-0.1, -0.05) is 43.7 Å². The van der Waals surface area contributed by atoms with Crippen molar-refractivity contribution in [3.63, 3.8) is 0 Å². The van der Waals surface area contributed by atoms with E-state index in [2.05, 4.69) is 55.5 Å². The van der Waals surface area contributed by atoms with E-state index < -0.39 is 0 Å². The smallest absolute Gasteiger partial charge is 0.0655 e. The lowest BCUT2D eigenvalue weighted by Gasteiger charge is -1.61. The van der Waals surface area contributed by atoms with Gasteiger partial charge in [-0.15, -0.1) is 0 Å². The zero-order valence-corrected chi connectivity index (χ0v) is 7.34. The Kier molecular flexibility index (Phi) is 7.15. The highest BCUT2D eigenvalue weighted by Crippen LogP contribution is 1.73. The maximum Gasteiger partial charge on any atom is 0.0655 e. The molecular weight excluding hydrogens is 232 g/mol. The summed E-state index contributed by atoms with van der Waals surface area (Å²) in [4.78, 5) is 0. The van der Waals surface area contributed by atoms with Gasteiger partial charge in [0.05, 0.1) is 10.7 Å². The molecule has 0 aliphatic heterocycles. The molecule has 0 saturated carbocycles. The van der Waals surface area contributed by atoms with Gasteiger partial charge in [0.1, 0.15) is 0 Å². The largest absolute Gasteiger partial charge is 0.0786 e. The summed E-state index contributed by atoms with van der Waals surface area (Å²) in [7, 11) is 0. The van der Waals surface area contributed by atoms with Crippen LogP contribution in [0.25, 0.3) is 0 Å². The molecule has 2 heteroatoms. The summed E-state index contributed by atoms with van der Waals surface area (Å²) in [6.45, 7) is 0. The normalized spacial score (nSPS) is 5.75. The summed E-state index contributed by atoms with van der Waals surface area (Å²) < 4.78 is 0. The predicted molar refractivity (Wildman–Crippen MR) is 43.1 cm³/mol. The van der Waals surface area contributed by atoms with Crippen LogP contribution in [-0.4, -0.2) is 10.7 Å². The third kappa shape index (κ3) is 6.08. The fourth-order valence-corrected chi connectivity index (χ4v) is 0.436. The van der Waals surface area contributed by atoms with Gasteiger partial charge in [0.15, 0.2) is 0 Å². The van der Waals surface area contributed by atoms with Crippen LogP contribution in [0, 0.1) is 23.7 Å². The van der Waals surface area contributed by atoms with Crippen molar-refractivity contribution in [3.05, 3.63) is 0 Å². The van der Waals surface area contributed by atoms with Gasteiger partial charge in [-0.2, -0.15) is 0 Å². The van der Waals surface area contributed by atoms with Crippen LogP contribution in [0.5, 0.6) is 0 Å². The summed E-state index contributed by atoms with van der Waals surface area (Å²) in [5, 5.41) is 1.40. The van der Waals surface area contributed by atoms with E-state index in [-0.39, 0.29) is 0 Å². The lowest BCUT2D eigenvalue weighted by molar-refractivity contribution is 1.97. The van der Waals surface area contributed by atoms with Gasteiger partial charge in [0.2, 0.25) is 0 Å². The van der Waals surface area contributed by atoms with Gasteiger partial charge in [-0.3, -0.25) is 0 Å². The van der Waals surface area contributed by atoms with E-state index in [1.165, 1.54) is 0 Å². The van der Waals surface area contributed by atoms with Crippen molar-refractivity contribution in [1.29, 1.82) is 0 Å². The first-order valence-corrected chi connectivity index (χ1v) is 4.23. The molecule has 0 unspecified atom stereocenters. The van der Waals surface area contributed by atoms with E-state index in [1.807, 2.05) is 0 Å². The second-order valence-electron chi connectivity index (χ2n) is 0.871. The van der Waals surface area contributed by atoms with Crippen molar-refractivity contribution in [2.45, 2.75) is 0 Å². The molecule has 0 fully saturated rings. The minimum atomic E-state index is 0.698. The van der Waals surface area contributed by atoms with Gasteiger partial charge >= 0.3 is 0 Å². The average molecular weight is 236 g/mol. The van der Waals surface area contributed by atoms with Crippen LogP contribution in [0.2, 0.25) is 0 Å². The average Bonchev–Trinajstić information content (AvgIpc) is 1.81. The zero-order chi connectivity index (χ0) is 6.24. The zero-order valence-electron chi connectivity index (χ0n) is 4.17. The van der Waals surface area contributed by atoms with E-state index >= 15 is 0 Å². The summed E-state index contributed by atoms with van der Waals surface area (Å²) in [6.07, 6.45) is 0. The summed E-state index contributed by atoms with van der Waals surface area (Å²) >= 11 is 6.30. The van der Waals surface area contributed by atoms with E-state index in [0.717, 1.165) is 0 Å². The van der Waals surface area contributed by atoms with Crippen LogP contribution in [0.1, 0.15) is 0 Å². The Morgan fingerprint density at radius 3 is 1.50 bits per heavy atom. The number of hydrogen-bond acceptors (Lipinski definition) is 0. The molecule has 0 rings (SSSR count). The second-order valence-corrected chi connectivity index (χ2v) is 1.99. The molecule has 0 radical (unpaired) electrons.